The first-order valence-electron chi connectivity index (χ1n) is 10.8. The Kier molecular flexibility index (Phi) is 7.84. The Morgan fingerprint density at radius 3 is 2.55 bits per heavy atom. The quantitative estimate of drug-likeness (QED) is 0.360. The fourth-order valence-electron chi connectivity index (χ4n) is 4.05. The maximum absolute atomic E-state index is 8.58. The van der Waals surface area contributed by atoms with Crippen molar-refractivity contribution in [3.63, 3.8) is 0 Å². The first kappa shape index (κ1) is 22.6. The fraction of sp³-hybridized carbons (Fsp3) is 0.360. The lowest BCUT2D eigenvalue weighted by Crippen LogP contribution is -2.29. The van der Waals surface area contributed by atoms with Gasteiger partial charge in [-0.25, -0.2) is 0 Å². The average Bonchev–Trinajstić information content (AvgIpc) is 2.78. The molecule has 0 radical (unpaired) electrons. The molecule has 2 aromatic rings. The molecule has 0 spiro atoms. The molecule has 162 valence electrons. The van der Waals surface area contributed by atoms with E-state index in [1.54, 1.807) is 25.4 Å². The maximum atomic E-state index is 8.58. The average molecular weight is 417 g/mol. The van der Waals surface area contributed by atoms with Gasteiger partial charge in [0.2, 0.25) is 0 Å². The minimum absolute atomic E-state index is 0.123. The molecule has 1 aliphatic heterocycles. The number of nitrogens with one attached hydrogen (secondary N) is 3. The molecule has 0 aromatic heterocycles. The van der Waals surface area contributed by atoms with Gasteiger partial charge in [-0.3, -0.25) is 15.3 Å². The third kappa shape index (κ3) is 5.95. The largest absolute Gasteiger partial charge is 0.398 e. The lowest BCUT2D eigenvalue weighted by Gasteiger charge is -2.26. The normalized spacial score (nSPS) is 15.6. The number of nitrogens with two attached hydrogens (primary N) is 1. The number of hydrogen-bond acceptors (Lipinski definition) is 6. The number of anilines is 1. The van der Waals surface area contributed by atoms with Gasteiger partial charge in [-0.15, -0.1) is 0 Å². The van der Waals surface area contributed by atoms with E-state index >= 15 is 0 Å². The lowest BCUT2D eigenvalue weighted by molar-refractivity contribution is 0.221. The molecule has 1 unspecified atom stereocenters. The van der Waals surface area contributed by atoms with E-state index < -0.39 is 0 Å². The Hall–Kier alpha value is -3.12. The Bertz CT molecular complexity index is 972. The van der Waals surface area contributed by atoms with Crippen molar-refractivity contribution in [2.45, 2.75) is 38.1 Å². The summed E-state index contributed by atoms with van der Waals surface area (Å²) in [5.74, 6) is -0.266. The molecule has 0 bridgehead atoms. The second-order valence-electron chi connectivity index (χ2n) is 8.13. The zero-order chi connectivity index (χ0) is 22.2. The van der Waals surface area contributed by atoms with Crippen molar-refractivity contribution in [3.05, 3.63) is 64.7 Å². The summed E-state index contributed by atoms with van der Waals surface area (Å²) in [6.45, 7) is 3.25. The van der Waals surface area contributed by atoms with Gasteiger partial charge in [0.1, 0.15) is 0 Å². The van der Waals surface area contributed by atoms with Gasteiger partial charge in [-0.05, 0) is 54.8 Å². The highest BCUT2D eigenvalue weighted by atomic mass is 15.1. The second kappa shape index (κ2) is 10.8. The number of hydrogen-bond donors (Lipinski definition) is 4. The number of rotatable bonds is 9. The molecule has 6 heteroatoms. The first-order valence-corrected chi connectivity index (χ1v) is 10.8. The molecule has 1 aliphatic rings. The Balaban J connectivity index is 1.72. The maximum Gasteiger partial charge on any atom is 0.0844 e. The summed E-state index contributed by atoms with van der Waals surface area (Å²) < 4.78 is 0. The van der Waals surface area contributed by atoms with E-state index in [1.165, 1.54) is 31.0 Å². The molecular formula is C25H32N6. The SMILES string of the molecule is CN=CC(C=N)c1ccc(N)c(C(=N)C(=N)Cc2cccc(CN3CCCCC3)c2)c1. The molecule has 5 N–H and O–H groups in total. The van der Waals surface area contributed by atoms with Crippen LogP contribution in [0.2, 0.25) is 0 Å². The molecule has 1 saturated heterocycles. The van der Waals surface area contributed by atoms with E-state index in [2.05, 4.69) is 22.0 Å². The van der Waals surface area contributed by atoms with Gasteiger partial charge in [-0.2, -0.15) is 0 Å². The summed E-state index contributed by atoms with van der Waals surface area (Å²) in [4.78, 5) is 6.50. The predicted octanol–water partition coefficient (Wildman–Crippen LogP) is 4.32. The molecule has 0 amide bonds. The van der Waals surface area contributed by atoms with Crippen molar-refractivity contribution in [1.29, 1.82) is 16.2 Å². The van der Waals surface area contributed by atoms with Gasteiger partial charge >= 0.3 is 0 Å². The molecule has 2 aromatic carbocycles. The van der Waals surface area contributed by atoms with Gasteiger partial charge in [0, 0.05) is 43.7 Å². The van der Waals surface area contributed by atoms with E-state index in [9.17, 15) is 0 Å². The van der Waals surface area contributed by atoms with Gasteiger partial charge in [0.15, 0.2) is 0 Å². The number of benzene rings is 2. The van der Waals surface area contributed by atoms with E-state index in [4.69, 9.17) is 22.0 Å². The van der Waals surface area contributed by atoms with Gasteiger partial charge in [0.05, 0.1) is 17.3 Å². The smallest absolute Gasteiger partial charge is 0.0844 e. The highest BCUT2D eigenvalue weighted by Crippen LogP contribution is 2.21. The minimum Gasteiger partial charge on any atom is -0.398 e. The van der Waals surface area contributed by atoms with Crippen LogP contribution in [0.3, 0.4) is 0 Å². The molecule has 1 atom stereocenters. The van der Waals surface area contributed by atoms with Crippen LogP contribution in [0, 0.1) is 16.2 Å². The second-order valence-corrected chi connectivity index (χ2v) is 8.13. The van der Waals surface area contributed by atoms with Crippen LogP contribution in [0.15, 0.2) is 47.5 Å². The monoisotopic (exact) mass is 416 g/mol. The predicted molar refractivity (Wildman–Crippen MR) is 131 cm³/mol. The number of nitrogens with zero attached hydrogens (tertiary/aromatic N) is 2. The van der Waals surface area contributed by atoms with Crippen LogP contribution < -0.4 is 5.73 Å². The minimum atomic E-state index is -0.266. The van der Waals surface area contributed by atoms with Crippen molar-refractivity contribution < 1.29 is 0 Å². The summed E-state index contributed by atoms with van der Waals surface area (Å²) in [6, 6.07) is 13.7. The molecule has 6 nitrogen and oxygen atoms in total. The first-order chi connectivity index (χ1) is 15.0. The summed E-state index contributed by atoms with van der Waals surface area (Å²) in [5.41, 5.74) is 10.6. The van der Waals surface area contributed by atoms with E-state index in [0.717, 1.165) is 30.8 Å². The topological polar surface area (TPSA) is 113 Å². The molecule has 0 aliphatic carbocycles. The van der Waals surface area contributed by atoms with Crippen molar-refractivity contribution in [3.8, 4) is 0 Å². The van der Waals surface area contributed by atoms with Crippen molar-refractivity contribution in [2.75, 3.05) is 25.9 Å². The lowest BCUT2D eigenvalue weighted by atomic mass is 9.93. The zero-order valence-corrected chi connectivity index (χ0v) is 18.2. The van der Waals surface area contributed by atoms with Crippen molar-refractivity contribution in [2.24, 2.45) is 4.99 Å². The van der Waals surface area contributed by atoms with Gasteiger partial charge in [-0.1, -0.05) is 36.8 Å². The Morgan fingerprint density at radius 1 is 1.10 bits per heavy atom. The number of aliphatic imine (C=N–C) groups is 1. The molecule has 1 heterocycles. The van der Waals surface area contributed by atoms with Crippen LogP contribution in [0.4, 0.5) is 5.69 Å². The van der Waals surface area contributed by atoms with Crippen LogP contribution >= 0.6 is 0 Å². The molecule has 1 fully saturated rings. The fourth-order valence-corrected chi connectivity index (χ4v) is 4.05. The third-order valence-corrected chi connectivity index (χ3v) is 5.75. The summed E-state index contributed by atoms with van der Waals surface area (Å²) >= 11 is 0. The van der Waals surface area contributed by atoms with E-state index in [-0.39, 0.29) is 17.3 Å². The number of nitrogen functional groups attached to an aromatic ring is 1. The zero-order valence-electron chi connectivity index (χ0n) is 18.2. The Morgan fingerprint density at radius 2 is 1.84 bits per heavy atom. The van der Waals surface area contributed by atoms with E-state index in [1.807, 2.05) is 18.2 Å². The van der Waals surface area contributed by atoms with Crippen LogP contribution in [-0.2, 0) is 13.0 Å². The number of piperidine rings is 1. The van der Waals surface area contributed by atoms with Crippen LogP contribution in [0.5, 0.6) is 0 Å². The Labute approximate surface area is 184 Å². The van der Waals surface area contributed by atoms with E-state index in [0.29, 0.717) is 17.7 Å². The summed E-state index contributed by atoms with van der Waals surface area (Å²) in [5, 5.41) is 24.7. The van der Waals surface area contributed by atoms with Crippen LogP contribution in [0.1, 0.15) is 47.4 Å². The van der Waals surface area contributed by atoms with Crippen molar-refractivity contribution in [1.82, 2.24) is 4.90 Å². The summed E-state index contributed by atoms with van der Waals surface area (Å²) in [7, 11) is 1.67. The standard InChI is InChI=1S/C25H32N6/c1-30-16-21(15-26)20-8-9-23(27)22(14-20)25(29)24(28)13-18-6-5-7-19(12-18)17-31-10-3-2-4-11-31/h5-9,12,14-16,21,26,28-29H,2-4,10-11,13,17,27H2,1H3. The number of likely N-dealkylation sites (tertiary alicyclic amines) is 1. The molecule has 31 heavy (non-hydrogen) atoms. The van der Waals surface area contributed by atoms with Crippen molar-refractivity contribution >= 4 is 29.5 Å². The summed E-state index contributed by atoms with van der Waals surface area (Å²) in [6.07, 6.45) is 7.25. The third-order valence-electron chi connectivity index (χ3n) is 5.75. The highest BCUT2D eigenvalue weighted by Gasteiger charge is 2.16. The van der Waals surface area contributed by atoms with Crippen LogP contribution in [-0.4, -0.2) is 48.9 Å². The highest BCUT2D eigenvalue weighted by molar-refractivity contribution is 6.47. The van der Waals surface area contributed by atoms with Gasteiger partial charge < -0.3 is 16.6 Å². The van der Waals surface area contributed by atoms with Crippen LogP contribution in [0.25, 0.3) is 0 Å². The molecule has 0 saturated carbocycles. The van der Waals surface area contributed by atoms with Gasteiger partial charge in [0.25, 0.3) is 0 Å². The molecule has 3 rings (SSSR count). The molecular weight excluding hydrogens is 384 g/mol.